The third-order valence-corrected chi connectivity index (χ3v) is 4.49. The van der Waals surface area contributed by atoms with Gasteiger partial charge in [-0.05, 0) is 38.5 Å². The van der Waals surface area contributed by atoms with E-state index in [0.717, 1.165) is 12.3 Å². The van der Waals surface area contributed by atoms with E-state index >= 15 is 0 Å². The Balaban J connectivity index is 2.64. The van der Waals surface area contributed by atoms with Gasteiger partial charge in [-0.2, -0.15) is 0 Å². The van der Waals surface area contributed by atoms with Crippen molar-refractivity contribution in [2.75, 3.05) is 7.11 Å². The minimum atomic E-state index is -0.0905. The van der Waals surface area contributed by atoms with Crippen molar-refractivity contribution in [3.05, 3.63) is 0 Å². The van der Waals surface area contributed by atoms with Crippen LogP contribution in [0.25, 0.3) is 0 Å². The lowest BCUT2D eigenvalue weighted by Crippen LogP contribution is -2.48. The molecule has 0 aromatic rings. The van der Waals surface area contributed by atoms with Gasteiger partial charge in [-0.25, -0.2) is 0 Å². The molecule has 0 amide bonds. The molecule has 3 atom stereocenters. The van der Waals surface area contributed by atoms with Gasteiger partial charge < -0.3 is 4.74 Å². The van der Waals surface area contributed by atoms with Gasteiger partial charge in [-0.3, -0.25) is 11.3 Å². The number of hydrazine groups is 1. The molecule has 0 aromatic heterocycles. The third-order valence-electron chi connectivity index (χ3n) is 4.49. The Kier molecular flexibility index (Phi) is 5.90. The van der Waals surface area contributed by atoms with Crippen molar-refractivity contribution in [1.29, 1.82) is 0 Å². The first kappa shape index (κ1) is 14.9. The van der Waals surface area contributed by atoms with E-state index in [-0.39, 0.29) is 5.60 Å². The van der Waals surface area contributed by atoms with Crippen LogP contribution < -0.4 is 11.3 Å². The number of methoxy groups -OCH3 is 1. The predicted octanol–water partition coefficient (Wildman–Crippen LogP) is 2.85. The maximum Gasteiger partial charge on any atom is 0.0638 e. The van der Waals surface area contributed by atoms with Gasteiger partial charge in [0, 0.05) is 13.2 Å². The number of hydrogen-bond donors (Lipinski definition) is 2. The largest absolute Gasteiger partial charge is 0.379 e. The van der Waals surface area contributed by atoms with Crippen molar-refractivity contribution >= 4 is 0 Å². The normalized spacial score (nSPS) is 28.1. The minimum Gasteiger partial charge on any atom is -0.379 e. The zero-order valence-corrected chi connectivity index (χ0v) is 12.0. The number of hydrogen-bond acceptors (Lipinski definition) is 3. The van der Waals surface area contributed by atoms with E-state index in [9.17, 15) is 0 Å². The van der Waals surface area contributed by atoms with Crippen molar-refractivity contribution in [1.82, 2.24) is 5.43 Å². The summed E-state index contributed by atoms with van der Waals surface area (Å²) in [5.41, 5.74) is 2.96. The minimum absolute atomic E-state index is 0.0905. The Labute approximate surface area is 106 Å². The monoisotopic (exact) mass is 242 g/mol. The van der Waals surface area contributed by atoms with Crippen LogP contribution in [-0.4, -0.2) is 18.8 Å². The summed E-state index contributed by atoms with van der Waals surface area (Å²) in [4.78, 5) is 0. The summed E-state index contributed by atoms with van der Waals surface area (Å²) >= 11 is 0. The Morgan fingerprint density at radius 3 is 2.53 bits per heavy atom. The molecule has 3 N–H and O–H groups in total. The molecule has 1 rings (SSSR count). The molecule has 17 heavy (non-hydrogen) atoms. The highest BCUT2D eigenvalue weighted by Gasteiger charge is 2.33. The molecule has 3 nitrogen and oxygen atoms in total. The molecule has 1 fully saturated rings. The molecule has 0 radical (unpaired) electrons. The van der Waals surface area contributed by atoms with Crippen molar-refractivity contribution in [2.45, 2.75) is 70.9 Å². The van der Waals surface area contributed by atoms with E-state index in [4.69, 9.17) is 10.6 Å². The fraction of sp³-hybridized carbons (Fsp3) is 1.00. The maximum atomic E-state index is 5.78. The molecule has 0 aromatic carbocycles. The molecule has 0 bridgehead atoms. The number of ether oxygens (including phenoxy) is 1. The number of nitrogens with one attached hydrogen (secondary N) is 1. The smallest absolute Gasteiger partial charge is 0.0638 e. The second kappa shape index (κ2) is 6.72. The van der Waals surface area contributed by atoms with E-state index in [1.807, 2.05) is 0 Å². The summed E-state index contributed by atoms with van der Waals surface area (Å²) in [7, 11) is 1.78. The van der Waals surface area contributed by atoms with Gasteiger partial charge in [-0.1, -0.05) is 32.6 Å². The fourth-order valence-electron chi connectivity index (χ4n) is 3.22. The number of rotatable bonds is 6. The van der Waals surface area contributed by atoms with Crippen LogP contribution in [0.5, 0.6) is 0 Å². The van der Waals surface area contributed by atoms with Crippen LogP contribution in [0.15, 0.2) is 0 Å². The van der Waals surface area contributed by atoms with E-state index < -0.39 is 0 Å². The third kappa shape index (κ3) is 4.23. The van der Waals surface area contributed by atoms with Gasteiger partial charge in [0.15, 0.2) is 0 Å². The van der Waals surface area contributed by atoms with E-state index in [1.165, 1.54) is 32.1 Å². The van der Waals surface area contributed by atoms with Gasteiger partial charge in [0.25, 0.3) is 0 Å². The Morgan fingerprint density at radius 1 is 1.35 bits per heavy atom. The highest BCUT2D eigenvalue weighted by atomic mass is 16.5. The van der Waals surface area contributed by atoms with Crippen LogP contribution in [0.2, 0.25) is 0 Å². The van der Waals surface area contributed by atoms with Gasteiger partial charge in [-0.15, -0.1) is 0 Å². The summed E-state index contributed by atoms with van der Waals surface area (Å²) in [6.45, 7) is 6.58. The van der Waals surface area contributed by atoms with Crippen LogP contribution >= 0.6 is 0 Å². The van der Waals surface area contributed by atoms with E-state index in [0.29, 0.717) is 12.0 Å². The van der Waals surface area contributed by atoms with Crippen molar-refractivity contribution in [3.63, 3.8) is 0 Å². The van der Waals surface area contributed by atoms with Crippen LogP contribution in [-0.2, 0) is 4.74 Å². The highest BCUT2D eigenvalue weighted by Crippen LogP contribution is 2.36. The SMILES string of the molecule is CCC1CCCCC1C(CC(C)(C)OC)NN. The zero-order chi connectivity index (χ0) is 12.9. The van der Waals surface area contributed by atoms with Gasteiger partial charge in [0.2, 0.25) is 0 Å². The van der Waals surface area contributed by atoms with Crippen LogP contribution in [0.1, 0.15) is 59.3 Å². The first-order valence-corrected chi connectivity index (χ1v) is 7.05. The summed E-state index contributed by atoms with van der Waals surface area (Å²) in [6.07, 6.45) is 7.68. The lowest BCUT2D eigenvalue weighted by molar-refractivity contribution is -0.00530. The average Bonchev–Trinajstić information content (AvgIpc) is 2.36. The van der Waals surface area contributed by atoms with Crippen LogP contribution in [0.3, 0.4) is 0 Å². The van der Waals surface area contributed by atoms with E-state index in [1.54, 1.807) is 7.11 Å². The van der Waals surface area contributed by atoms with Crippen LogP contribution in [0.4, 0.5) is 0 Å². The molecule has 1 aliphatic carbocycles. The molecular weight excluding hydrogens is 212 g/mol. The van der Waals surface area contributed by atoms with Gasteiger partial charge in [0.05, 0.1) is 5.60 Å². The summed E-state index contributed by atoms with van der Waals surface area (Å²) < 4.78 is 5.53. The molecule has 1 aliphatic rings. The van der Waals surface area contributed by atoms with Crippen molar-refractivity contribution in [2.24, 2.45) is 17.7 Å². The first-order chi connectivity index (χ1) is 8.04. The van der Waals surface area contributed by atoms with Crippen molar-refractivity contribution in [3.8, 4) is 0 Å². The molecule has 0 heterocycles. The van der Waals surface area contributed by atoms with Gasteiger partial charge in [0.1, 0.15) is 0 Å². The predicted molar refractivity (Wildman–Crippen MR) is 72.6 cm³/mol. The second-order valence-corrected chi connectivity index (χ2v) is 6.06. The lowest BCUT2D eigenvalue weighted by atomic mass is 9.72. The van der Waals surface area contributed by atoms with Gasteiger partial charge >= 0.3 is 0 Å². The molecule has 3 unspecified atom stereocenters. The molecule has 0 spiro atoms. The topological polar surface area (TPSA) is 47.3 Å². The summed E-state index contributed by atoms with van der Waals surface area (Å²) in [5.74, 6) is 7.32. The second-order valence-electron chi connectivity index (χ2n) is 6.06. The molecule has 1 saturated carbocycles. The van der Waals surface area contributed by atoms with E-state index in [2.05, 4.69) is 26.2 Å². The molecule has 102 valence electrons. The Bertz CT molecular complexity index is 218. The Morgan fingerprint density at radius 2 is 2.00 bits per heavy atom. The molecular formula is C14H30N2O. The standard InChI is InChI=1S/C14H30N2O/c1-5-11-8-6-7-9-12(11)13(16-15)10-14(2,3)17-4/h11-13,16H,5-10,15H2,1-4H3. The molecule has 0 aliphatic heterocycles. The molecule has 0 saturated heterocycles. The highest BCUT2D eigenvalue weighted by molar-refractivity contribution is 4.87. The number of nitrogens with two attached hydrogens (primary N) is 1. The quantitative estimate of drug-likeness (QED) is 0.556. The molecule has 3 heteroatoms. The fourth-order valence-corrected chi connectivity index (χ4v) is 3.22. The van der Waals surface area contributed by atoms with Crippen LogP contribution in [0, 0.1) is 11.8 Å². The Hall–Kier alpha value is -0.120. The maximum absolute atomic E-state index is 5.78. The average molecular weight is 242 g/mol. The zero-order valence-electron chi connectivity index (χ0n) is 12.0. The summed E-state index contributed by atoms with van der Waals surface area (Å²) in [6, 6.07) is 0.384. The first-order valence-electron chi connectivity index (χ1n) is 7.05. The lowest BCUT2D eigenvalue weighted by Gasteiger charge is -2.39. The van der Waals surface area contributed by atoms with Crippen molar-refractivity contribution < 1.29 is 4.74 Å². The summed E-state index contributed by atoms with van der Waals surface area (Å²) in [5, 5.41) is 0.